The first kappa shape index (κ1) is 14.6. The maximum absolute atomic E-state index is 12.6. The van der Waals surface area contributed by atoms with E-state index in [9.17, 15) is 18.3 Å². The minimum absolute atomic E-state index is 0.247. The van der Waals surface area contributed by atoms with Crippen LogP contribution >= 0.6 is 0 Å². The molecule has 3 rings (SSSR count). The Balaban J connectivity index is 2.15. The van der Waals surface area contributed by atoms with Gasteiger partial charge in [-0.15, -0.1) is 0 Å². The van der Waals surface area contributed by atoms with Gasteiger partial charge in [0.25, 0.3) is 0 Å². The zero-order valence-electron chi connectivity index (χ0n) is 11.9. The third-order valence-electron chi connectivity index (χ3n) is 4.79. The van der Waals surface area contributed by atoms with Crippen LogP contribution in [0.3, 0.4) is 0 Å². The lowest BCUT2D eigenvalue weighted by Crippen LogP contribution is -2.39. The van der Waals surface area contributed by atoms with Crippen LogP contribution < -0.4 is 0 Å². The summed E-state index contributed by atoms with van der Waals surface area (Å²) in [6.45, 7) is 0. The van der Waals surface area contributed by atoms with Gasteiger partial charge in [0, 0.05) is 0 Å². The number of carboxylic acids is 1. The van der Waals surface area contributed by atoms with E-state index in [1.165, 1.54) is 0 Å². The molecule has 0 saturated heterocycles. The maximum atomic E-state index is 12.6. The molecule has 0 atom stereocenters. The molecule has 0 aliphatic heterocycles. The molecule has 2 aliphatic rings. The number of carbonyl (C=O) groups is 1. The number of rotatable bonds is 4. The van der Waals surface area contributed by atoms with Gasteiger partial charge in [0.05, 0.1) is 15.6 Å². The van der Waals surface area contributed by atoms with Crippen LogP contribution in [0.1, 0.15) is 50.5 Å². The second-order valence-electron chi connectivity index (χ2n) is 6.19. The number of hydrogen-bond acceptors (Lipinski definition) is 3. The van der Waals surface area contributed by atoms with E-state index < -0.39 is 21.2 Å². The van der Waals surface area contributed by atoms with Crippen LogP contribution in [0.2, 0.25) is 0 Å². The van der Waals surface area contributed by atoms with Gasteiger partial charge in [-0.2, -0.15) is 0 Å². The summed E-state index contributed by atoms with van der Waals surface area (Å²) in [6, 6.07) is 6.73. The molecule has 0 unspecified atom stereocenters. The van der Waals surface area contributed by atoms with E-state index in [0.29, 0.717) is 31.2 Å². The van der Waals surface area contributed by atoms with Crippen molar-refractivity contribution in [3.05, 3.63) is 29.8 Å². The summed E-state index contributed by atoms with van der Waals surface area (Å²) >= 11 is 0. The molecule has 2 fully saturated rings. The van der Waals surface area contributed by atoms with Crippen LogP contribution in [-0.2, 0) is 20.0 Å². The number of benzene rings is 1. The fraction of sp³-hybridized carbons (Fsp3) is 0.562. The topological polar surface area (TPSA) is 71.4 Å². The van der Waals surface area contributed by atoms with Gasteiger partial charge >= 0.3 is 5.97 Å². The van der Waals surface area contributed by atoms with Crippen molar-refractivity contribution in [2.75, 3.05) is 0 Å². The van der Waals surface area contributed by atoms with Gasteiger partial charge in [-0.25, -0.2) is 8.42 Å². The highest BCUT2D eigenvalue weighted by molar-refractivity contribution is 7.92. The van der Waals surface area contributed by atoms with Gasteiger partial charge in [-0.05, 0) is 37.3 Å². The molecule has 1 N–H and O–H groups in total. The number of sulfone groups is 1. The fourth-order valence-electron chi connectivity index (χ4n) is 3.42. The Morgan fingerprint density at radius 1 is 1.10 bits per heavy atom. The summed E-state index contributed by atoms with van der Waals surface area (Å²) in [4.78, 5) is 12.2. The molecule has 2 saturated carbocycles. The third-order valence-corrected chi connectivity index (χ3v) is 7.11. The lowest BCUT2D eigenvalue weighted by atomic mass is 9.69. The highest BCUT2D eigenvalue weighted by Crippen LogP contribution is 2.44. The summed E-state index contributed by atoms with van der Waals surface area (Å²) in [7, 11) is -3.38. The Kier molecular flexibility index (Phi) is 3.56. The predicted octanol–water partition coefficient (Wildman–Crippen LogP) is 2.91. The molecule has 1 aromatic rings. The van der Waals surface area contributed by atoms with Gasteiger partial charge in [0.15, 0.2) is 9.84 Å². The van der Waals surface area contributed by atoms with E-state index in [2.05, 4.69) is 0 Å². The molecule has 0 amide bonds. The summed E-state index contributed by atoms with van der Waals surface area (Å²) in [6.07, 6.45) is 5.13. The Morgan fingerprint density at radius 2 is 1.71 bits per heavy atom. The smallest absolute Gasteiger partial charge is 0.314 e. The molecule has 1 aromatic carbocycles. The minimum atomic E-state index is -3.38. The average Bonchev–Trinajstić information content (AvgIpc) is 3.33. The summed E-state index contributed by atoms with van der Waals surface area (Å²) < 4.78 is 25.3. The second-order valence-corrected chi connectivity index (χ2v) is 8.38. The van der Waals surface area contributed by atoms with Crippen molar-refractivity contribution < 1.29 is 18.3 Å². The lowest BCUT2D eigenvalue weighted by Gasteiger charge is -2.35. The molecule has 0 radical (unpaired) electrons. The van der Waals surface area contributed by atoms with Crippen LogP contribution in [0.25, 0.3) is 0 Å². The maximum Gasteiger partial charge on any atom is 0.314 e. The first-order chi connectivity index (χ1) is 9.98. The SMILES string of the molecule is O=C(O)C1(c2ccccc2S(=O)(=O)C2CC2)CCCCC1. The predicted molar refractivity (Wildman–Crippen MR) is 79.0 cm³/mol. The van der Waals surface area contributed by atoms with Gasteiger partial charge in [0.2, 0.25) is 0 Å². The van der Waals surface area contributed by atoms with Gasteiger partial charge in [-0.1, -0.05) is 37.5 Å². The first-order valence-electron chi connectivity index (χ1n) is 7.55. The Morgan fingerprint density at radius 3 is 2.29 bits per heavy atom. The molecule has 0 aromatic heterocycles. The molecular weight excluding hydrogens is 288 g/mol. The molecular formula is C16H20O4S. The van der Waals surface area contributed by atoms with Crippen molar-refractivity contribution >= 4 is 15.8 Å². The zero-order chi connectivity index (χ0) is 15.1. The van der Waals surface area contributed by atoms with Crippen LogP contribution in [0.15, 0.2) is 29.2 Å². The zero-order valence-corrected chi connectivity index (χ0v) is 12.7. The fourth-order valence-corrected chi connectivity index (χ4v) is 5.38. The van der Waals surface area contributed by atoms with Crippen LogP contribution in [0.4, 0.5) is 0 Å². The Hall–Kier alpha value is -1.36. The van der Waals surface area contributed by atoms with E-state index in [0.717, 1.165) is 19.3 Å². The monoisotopic (exact) mass is 308 g/mol. The van der Waals surface area contributed by atoms with Crippen molar-refractivity contribution in [2.45, 2.75) is 60.5 Å². The summed E-state index contributed by atoms with van der Waals surface area (Å²) in [5.74, 6) is -0.888. The van der Waals surface area contributed by atoms with Crippen LogP contribution in [0, 0.1) is 0 Å². The standard InChI is InChI=1S/C16H20O4S/c17-15(18)16(10-4-1-5-11-16)13-6-2-3-7-14(13)21(19,20)12-8-9-12/h2-3,6-7,12H,1,4-5,8-11H2,(H,17,18). The molecule has 0 heterocycles. The van der Waals surface area contributed by atoms with Crippen LogP contribution in [0.5, 0.6) is 0 Å². The van der Waals surface area contributed by atoms with Gasteiger partial charge in [0.1, 0.15) is 0 Å². The largest absolute Gasteiger partial charge is 0.481 e. The van der Waals surface area contributed by atoms with Crippen molar-refractivity contribution in [3.8, 4) is 0 Å². The molecule has 21 heavy (non-hydrogen) atoms. The average molecular weight is 308 g/mol. The van der Waals surface area contributed by atoms with E-state index in [1.54, 1.807) is 24.3 Å². The van der Waals surface area contributed by atoms with E-state index in [-0.39, 0.29) is 10.1 Å². The quantitative estimate of drug-likeness (QED) is 0.928. The van der Waals surface area contributed by atoms with E-state index >= 15 is 0 Å². The molecule has 114 valence electrons. The molecule has 0 bridgehead atoms. The summed E-state index contributed by atoms with van der Waals surface area (Å²) in [5.41, 5.74) is -0.527. The normalized spacial score (nSPS) is 21.9. The third kappa shape index (κ3) is 2.37. The Labute approximate surface area is 125 Å². The van der Waals surface area contributed by atoms with Gasteiger partial charge in [-0.3, -0.25) is 4.79 Å². The number of hydrogen-bond donors (Lipinski definition) is 1. The highest BCUT2D eigenvalue weighted by Gasteiger charge is 2.46. The molecule has 0 spiro atoms. The summed E-state index contributed by atoms with van der Waals surface area (Å²) in [5, 5.41) is 9.48. The highest BCUT2D eigenvalue weighted by atomic mass is 32.2. The molecule has 5 heteroatoms. The number of carboxylic acid groups (broad SMARTS) is 1. The number of aliphatic carboxylic acids is 1. The van der Waals surface area contributed by atoms with E-state index in [4.69, 9.17) is 0 Å². The Bertz CT molecular complexity index is 653. The molecule has 4 nitrogen and oxygen atoms in total. The van der Waals surface area contributed by atoms with E-state index in [1.807, 2.05) is 0 Å². The minimum Gasteiger partial charge on any atom is -0.481 e. The molecule has 2 aliphatic carbocycles. The van der Waals surface area contributed by atoms with Gasteiger partial charge < -0.3 is 5.11 Å². The van der Waals surface area contributed by atoms with Crippen molar-refractivity contribution in [1.82, 2.24) is 0 Å². The van der Waals surface area contributed by atoms with Crippen molar-refractivity contribution in [1.29, 1.82) is 0 Å². The van der Waals surface area contributed by atoms with Crippen LogP contribution in [-0.4, -0.2) is 24.7 Å². The second kappa shape index (κ2) is 5.13. The van der Waals surface area contributed by atoms with Crippen molar-refractivity contribution in [2.24, 2.45) is 0 Å². The van der Waals surface area contributed by atoms with Crippen molar-refractivity contribution in [3.63, 3.8) is 0 Å². The lowest BCUT2D eigenvalue weighted by molar-refractivity contribution is -0.145. The first-order valence-corrected chi connectivity index (χ1v) is 9.10.